The number of H-pyrrole nitrogens is 1. The van der Waals surface area contributed by atoms with Crippen LogP contribution in [0.3, 0.4) is 0 Å². The van der Waals surface area contributed by atoms with Crippen LogP contribution in [0.5, 0.6) is 0 Å². The van der Waals surface area contributed by atoms with E-state index in [1.54, 1.807) is 12.4 Å². The standard InChI is InChI=1S/C13H19N3O/c1-16(8-12-14-4-5-15-12)13(17)11-7-9-2-3-10(11)6-9/h4-5,9-11H,2-3,6-8H2,1H3,(H,14,15). The quantitative estimate of drug-likeness (QED) is 0.865. The molecule has 4 heteroatoms. The van der Waals surface area contributed by atoms with Crippen LogP contribution in [-0.2, 0) is 11.3 Å². The molecular weight excluding hydrogens is 214 g/mol. The normalized spacial score (nSPS) is 30.8. The van der Waals surface area contributed by atoms with Gasteiger partial charge >= 0.3 is 0 Å². The molecule has 2 bridgehead atoms. The number of aromatic nitrogens is 2. The highest BCUT2D eigenvalue weighted by molar-refractivity contribution is 5.79. The number of fused-ring (bicyclic) bond motifs is 2. The zero-order chi connectivity index (χ0) is 11.8. The predicted octanol–water partition coefficient (Wildman–Crippen LogP) is 1.80. The van der Waals surface area contributed by atoms with E-state index in [4.69, 9.17) is 0 Å². The van der Waals surface area contributed by atoms with Crippen molar-refractivity contribution in [2.45, 2.75) is 32.2 Å². The minimum Gasteiger partial charge on any atom is -0.347 e. The van der Waals surface area contributed by atoms with Gasteiger partial charge in [0.1, 0.15) is 5.82 Å². The number of hydrogen-bond acceptors (Lipinski definition) is 2. The third-order valence-electron chi connectivity index (χ3n) is 4.37. The van der Waals surface area contributed by atoms with Crippen LogP contribution < -0.4 is 0 Å². The Labute approximate surface area is 101 Å². The van der Waals surface area contributed by atoms with Crippen LogP contribution in [-0.4, -0.2) is 27.8 Å². The fourth-order valence-electron chi connectivity index (χ4n) is 3.52. The van der Waals surface area contributed by atoms with Gasteiger partial charge in [-0.15, -0.1) is 0 Å². The Hall–Kier alpha value is -1.32. The molecule has 1 aromatic heterocycles. The average molecular weight is 233 g/mol. The van der Waals surface area contributed by atoms with Crippen molar-refractivity contribution < 1.29 is 4.79 Å². The monoisotopic (exact) mass is 233 g/mol. The Morgan fingerprint density at radius 3 is 3.00 bits per heavy atom. The molecule has 1 heterocycles. The molecule has 92 valence electrons. The molecular formula is C13H19N3O. The van der Waals surface area contributed by atoms with Gasteiger partial charge in [0.15, 0.2) is 0 Å². The van der Waals surface area contributed by atoms with E-state index >= 15 is 0 Å². The van der Waals surface area contributed by atoms with Gasteiger partial charge in [-0.3, -0.25) is 4.79 Å². The van der Waals surface area contributed by atoms with E-state index in [2.05, 4.69) is 9.97 Å². The summed E-state index contributed by atoms with van der Waals surface area (Å²) >= 11 is 0. The third kappa shape index (κ3) is 1.96. The van der Waals surface area contributed by atoms with Gasteiger partial charge in [0.2, 0.25) is 5.91 Å². The van der Waals surface area contributed by atoms with Crippen LogP contribution in [0.4, 0.5) is 0 Å². The molecule has 2 fully saturated rings. The molecule has 0 spiro atoms. The predicted molar refractivity (Wildman–Crippen MR) is 64.0 cm³/mol. The van der Waals surface area contributed by atoms with Crippen molar-refractivity contribution in [1.29, 1.82) is 0 Å². The lowest BCUT2D eigenvalue weighted by Gasteiger charge is -2.26. The van der Waals surface area contributed by atoms with Crippen molar-refractivity contribution in [2.75, 3.05) is 7.05 Å². The number of carbonyl (C=O) groups is 1. The summed E-state index contributed by atoms with van der Waals surface area (Å²) in [5, 5.41) is 0. The number of imidazole rings is 1. The highest BCUT2D eigenvalue weighted by Crippen LogP contribution is 2.48. The Morgan fingerprint density at radius 2 is 2.41 bits per heavy atom. The van der Waals surface area contributed by atoms with Crippen LogP contribution in [0, 0.1) is 17.8 Å². The number of rotatable bonds is 3. The summed E-state index contributed by atoms with van der Waals surface area (Å²) in [4.78, 5) is 21.4. The molecule has 1 amide bonds. The lowest BCUT2D eigenvalue weighted by molar-refractivity contribution is -0.136. The van der Waals surface area contributed by atoms with Crippen molar-refractivity contribution in [3.05, 3.63) is 18.2 Å². The number of amides is 1. The largest absolute Gasteiger partial charge is 0.347 e. The van der Waals surface area contributed by atoms with Gasteiger partial charge < -0.3 is 9.88 Å². The van der Waals surface area contributed by atoms with Crippen LogP contribution in [0.25, 0.3) is 0 Å². The molecule has 0 aromatic carbocycles. The zero-order valence-corrected chi connectivity index (χ0v) is 10.2. The maximum Gasteiger partial charge on any atom is 0.226 e. The van der Waals surface area contributed by atoms with Crippen LogP contribution in [0.1, 0.15) is 31.5 Å². The topological polar surface area (TPSA) is 49.0 Å². The molecule has 3 unspecified atom stereocenters. The van der Waals surface area contributed by atoms with E-state index in [0.717, 1.165) is 18.2 Å². The number of nitrogens with one attached hydrogen (secondary N) is 1. The molecule has 0 aliphatic heterocycles. The second-order valence-corrected chi connectivity index (χ2v) is 5.51. The Bertz CT molecular complexity index is 401. The summed E-state index contributed by atoms with van der Waals surface area (Å²) in [5.74, 6) is 2.95. The summed E-state index contributed by atoms with van der Waals surface area (Å²) < 4.78 is 0. The van der Waals surface area contributed by atoms with Crippen LogP contribution in [0.15, 0.2) is 12.4 Å². The Kier molecular flexibility index (Phi) is 2.65. The first-order chi connectivity index (χ1) is 8.24. The van der Waals surface area contributed by atoms with Crippen molar-refractivity contribution >= 4 is 5.91 Å². The van der Waals surface area contributed by atoms with E-state index < -0.39 is 0 Å². The summed E-state index contributed by atoms with van der Waals surface area (Å²) in [5.41, 5.74) is 0. The Balaban J connectivity index is 1.62. The van der Waals surface area contributed by atoms with Crippen molar-refractivity contribution in [2.24, 2.45) is 17.8 Å². The lowest BCUT2D eigenvalue weighted by atomic mass is 9.88. The fourth-order valence-corrected chi connectivity index (χ4v) is 3.52. The summed E-state index contributed by atoms with van der Waals surface area (Å²) in [6.07, 6.45) is 8.53. The highest BCUT2D eigenvalue weighted by atomic mass is 16.2. The van der Waals surface area contributed by atoms with Crippen LogP contribution >= 0.6 is 0 Å². The lowest BCUT2D eigenvalue weighted by Crippen LogP contribution is -2.35. The molecule has 2 aliphatic rings. The van der Waals surface area contributed by atoms with Crippen molar-refractivity contribution in [3.63, 3.8) is 0 Å². The van der Waals surface area contributed by atoms with E-state index in [-0.39, 0.29) is 5.92 Å². The SMILES string of the molecule is CN(Cc1ncc[nH]1)C(=O)C1CC2CCC1C2. The molecule has 4 nitrogen and oxygen atoms in total. The van der Waals surface area contributed by atoms with Gasteiger partial charge in [-0.2, -0.15) is 0 Å². The molecule has 2 aliphatic carbocycles. The smallest absolute Gasteiger partial charge is 0.226 e. The molecule has 17 heavy (non-hydrogen) atoms. The first-order valence-corrected chi connectivity index (χ1v) is 6.47. The number of hydrogen-bond donors (Lipinski definition) is 1. The van der Waals surface area contributed by atoms with Gasteiger partial charge in [0, 0.05) is 25.4 Å². The van der Waals surface area contributed by atoms with Gasteiger partial charge in [-0.25, -0.2) is 4.98 Å². The summed E-state index contributed by atoms with van der Waals surface area (Å²) in [7, 11) is 1.89. The van der Waals surface area contributed by atoms with E-state index in [1.807, 2.05) is 11.9 Å². The molecule has 3 rings (SSSR count). The Morgan fingerprint density at radius 1 is 1.53 bits per heavy atom. The minimum absolute atomic E-state index is 0.286. The fraction of sp³-hybridized carbons (Fsp3) is 0.692. The van der Waals surface area contributed by atoms with Gasteiger partial charge in [-0.1, -0.05) is 6.42 Å². The van der Waals surface area contributed by atoms with E-state index in [1.165, 1.54) is 19.3 Å². The second kappa shape index (κ2) is 4.17. The molecule has 2 saturated carbocycles. The second-order valence-electron chi connectivity index (χ2n) is 5.51. The first kappa shape index (κ1) is 10.8. The summed E-state index contributed by atoms with van der Waals surface area (Å²) in [6, 6.07) is 0. The van der Waals surface area contributed by atoms with Gasteiger partial charge in [-0.05, 0) is 31.1 Å². The maximum atomic E-state index is 12.3. The third-order valence-corrected chi connectivity index (χ3v) is 4.37. The van der Waals surface area contributed by atoms with Crippen molar-refractivity contribution in [1.82, 2.24) is 14.9 Å². The minimum atomic E-state index is 0.286. The molecule has 1 aromatic rings. The van der Waals surface area contributed by atoms with E-state index in [9.17, 15) is 4.79 Å². The van der Waals surface area contributed by atoms with Gasteiger partial charge in [0.05, 0.1) is 6.54 Å². The number of nitrogens with zero attached hydrogens (tertiary/aromatic N) is 2. The number of aromatic amines is 1. The summed E-state index contributed by atoms with van der Waals surface area (Å²) in [6.45, 7) is 0.597. The first-order valence-electron chi connectivity index (χ1n) is 6.47. The van der Waals surface area contributed by atoms with Gasteiger partial charge in [0.25, 0.3) is 0 Å². The zero-order valence-electron chi connectivity index (χ0n) is 10.2. The highest BCUT2D eigenvalue weighted by Gasteiger charge is 2.43. The average Bonchev–Trinajstić information content (AvgIpc) is 3.04. The van der Waals surface area contributed by atoms with E-state index in [0.29, 0.717) is 18.4 Å². The molecule has 1 N–H and O–H groups in total. The molecule has 3 atom stereocenters. The molecule has 0 radical (unpaired) electrons. The van der Waals surface area contributed by atoms with Crippen molar-refractivity contribution in [3.8, 4) is 0 Å². The van der Waals surface area contributed by atoms with Crippen LogP contribution in [0.2, 0.25) is 0 Å². The number of carbonyl (C=O) groups excluding carboxylic acids is 1. The molecule has 0 saturated heterocycles. The maximum absolute atomic E-state index is 12.3.